The van der Waals surface area contributed by atoms with Crippen molar-refractivity contribution in [1.82, 2.24) is 0 Å². The van der Waals surface area contributed by atoms with Crippen molar-refractivity contribution in [3.8, 4) is 0 Å². The molecular formula is C13H19ClF3NS. The standard InChI is InChI=1S/C13H18F3NS.ClH/c1-9(2)3-8-12(17)10-4-6-11(7-5-10)18-13(14,15)16;/h4-7,9,12H,3,8,17H2,1-2H3;1H/t12-;/m1./s1. The second-order valence-corrected chi connectivity index (χ2v) is 5.83. The molecule has 1 aromatic rings. The van der Waals surface area contributed by atoms with Gasteiger partial charge in [-0.2, -0.15) is 13.2 Å². The molecule has 0 radical (unpaired) electrons. The van der Waals surface area contributed by atoms with E-state index in [-0.39, 0.29) is 35.1 Å². The fourth-order valence-corrected chi connectivity index (χ4v) is 2.14. The van der Waals surface area contributed by atoms with Crippen LogP contribution in [0.15, 0.2) is 29.2 Å². The zero-order chi connectivity index (χ0) is 13.8. The minimum Gasteiger partial charge on any atom is -0.324 e. The third-order valence-corrected chi connectivity index (χ3v) is 3.34. The molecule has 0 saturated carbocycles. The topological polar surface area (TPSA) is 26.0 Å². The molecule has 0 aliphatic carbocycles. The summed E-state index contributed by atoms with van der Waals surface area (Å²) in [5, 5.41) is 0. The van der Waals surface area contributed by atoms with E-state index < -0.39 is 5.51 Å². The van der Waals surface area contributed by atoms with Gasteiger partial charge in [-0.1, -0.05) is 26.0 Å². The van der Waals surface area contributed by atoms with Gasteiger partial charge in [0.1, 0.15) is 0 Å². The Kier molecular flexibility index (Phi) is 7.86. The molecule has 1 rings (SSSR count). The summed E-state index contributed by atoms with van der Waals surface area (Å²) in [5.74, 6) is 0.580. The average Bonchev–Trinajstić information content (AvgIpc) is 2.24. The number of alkyl halides is 3. The zero-order valence-electron chi connectivity index (χ0n) is 10.9. The van der Waals surface area contributed by atoms with Crippen LogP contribution in [0.2, 0.25) is 0 Å². The van der Waals surface area contributed by atoms with E-state index >= 15 is 0 Å². The maximum Gasteiger partial charge on any atom is 0.446 e. The van der Waals surface area contributed by atoms with Crippen LogP contribution in [0.5, 0.6) is 0 Å². The fraction of sp³-hybridized carbons (Fsp3) is 0.538. The summed E-state index contributed by atoms with van der Waals surface area (Å²) in [6.45, 7) is 4.24. The first-order chi connectivity index (χ1) is 8.28. The Labute approximate surface area is 122 Å². The van der Waals surface area contributed by atoms with Gasteiger partial charge in [0.15, 0.2) is 0 Å². The molecule has 1 aromatic carbocycles. The lowest BCUT2D eigenvalue weighted by atomic mass is 9.98. The number of benzene rings is 1. The normalized spacial score (nSPS) is 13.2. The molecule has 19 heavy (non-hydrogen) atoms. The molecule has 0 fully saturated rings. The van der Waals surface area contributed by atoms with Gasteiger partial charge in [-0.3, -0.25) is 0 Å². The summed E-state index contributed by atoms with van der Waals surface area (Å²) in [6.07, 6.45) is 1.86. The molecule has 1 atom stereocenters. The highest BCUT2D eigenvalue weighted by Gasteiger charge is 2.29. The van der Waals surface area contributed by atoms with Gasteiger partial charge in [0.05, 0.1) is 0 Å². The number of thioether (sulfide) groups is 1. The lowest BCUT2D eigenvalue weighted by Crippen LogP contribution is -2.11. The lowest BCUT2D eigenvalue weighted by molar-refractivity contribution is -0.0328. The third-order valence-electron chi connectivity index (χ3n) is 2.60. The van der Waals surface area contributed by atoms with E-state index in [2.05, 4.69) is 13.8 Å². The van der Waals surface area contributed by atoms with Crippen LogP contribution in [0.4, 0.5) is 13.2 Å². The van der Waals surface area contributed by atoms with Crippen LogP contribution in [0.3, 0.4) is 0 Å². The third kappa shape index (κ3) is 7.70. The van der Waals surface area contributed by atoms with Crippen molar-refractivity contribution in [2.24, 2.45) is 11.7 Å². The molecule has 0 aromatic heterocycles. The molecule has 0 spiro atoms. The van der Waals surface area contributed by atoms with E-state index in [0.717, 1.165) is 18.4 Å². The fourth-order valence-electron chi connectivity index (χ4n) is 1.60. The Morgan fingerprint density at radius 3 is 2.05 bits per heavy atom. The van der Waals surface area contributed by atoms with Gasteiger partial charge < -0.3 is 5.73 Å². The van der Waals surface area contributed by atoms with Gasteiger partial charge in [-0.25, -0.2) is 0 Å². The molecule has 110 valence electrons. The predicted octanol–water partition coefficient (Wildman–Crippen LogP) is 5.16. The highest BCUT2D eigenvalue weighted by Crippen LogP contribution is 2.37. The van der Waals surface area contributed by atoms with E-state index in [9.17, 15) is 13.2 Å². The Morgan fingerprint density at radius 1 is 1.11 bits per heavy atom. The quantitative estimate of drug-likeness (QED) is 0.760. The Balaban J connectivity index is 0.00000324. The molecule has 0 aliphatic rings. The molecule has 2 N–H and O–H groups in total. The molecule has 0 amide bonds. The monoisotopic (exact) mass is 313 g/mol. The number of hydrogen-bond donors (Lipinski definition) is 1. The van der Waals surface area contributed by atoms with Crippen molar-refractivity contribution in [2.45, 2.75) is 43.1 Å². The maximum absolute atomic E-state index is 12.1. The number of nitrogens with two attached hydrogens (primary N) is 1. The van der Waals surface area contributed by atoms with Crippen molar-refractivity contribution >= 4 is 24.2 Å². The molecule has 0 bridgehead atoms. The second-order valence-electron chi connectivity index (χ2n) is 4.69. The van der Waals surface area contributed by atoms with Gasteiger partial charge in [0, 0.05) is 10.9 Å². The molecule has 1 nitrogen and oxygen atoms in total. The molecule has 6 heteroatoms. The molecule has 0 heterocycles. The number of rotatable bonds is 5. The van der Waals surface area contributed by atoms with Gasteiger partial charge >= 0.3 is 5.51 Å². The summed E-state index contributed by atoms with van der Waals surface area (Å²) in [7, 11) is 0. The Morgan fingerprint density at radius 2 is 1.63 bits per heavy atom. The van der Waals surface area contributed by atoms with E-state index in [1.165, 1.54) is 12.1 Å². The second kappa shape index (κ2) is 8.02. The van der Waals surface area contributed by atoms with Crippen molar-refractivity contribution < 1.29 is 13.2 Å². The van der Waals surface area contributed by atoms with E-state index in [4.69, 9.17) is 5.73 Å². The van der Waals surface area contributed by atoms with Crippen molar-refractivity contribution in [1.29, 1.82) is 0 Å². The minimum atomic E-state index is -4.23. The van der Waals surface area contributed by atoms with E-state index in [1.54, 1.807) is 12.1 Å². The van der Waals surface area contributed by atoms with Gasteiger partial charge in [0.25, 0.3) is 0 Å². The molecular weight excluding hydrogens is 295 g/mol. The summed E-state index contributed by atoms with van der Waals surface area (Å²) >= 11 is -0.101. The summed E-state index contributed by atoms with van der Waals surface area (Å²) in [4.78, 5) is 0.197. The zero-order valence-corrected chi connectivity index (χ0v) is 12.5. The van der Waals surface area contributed by atoms with Crippen molar-refractivity contribution in [3.63, 3.8) is 0 Å². The summed E-state index contributed by atoms with van der Waals surface area (Å²) in [5.41, 5.74) is 2.65. The smallest absolute Gasteiger partial charge is 0.324 e. The molecule has 0 aliphatic heterocycles. The first kappa shape index (κ1) is 18.6. The maximum atomic E-state index is 12.1. The first-order valence-corrected chi connectivity index (χ1v) is 6.71. The van der Waals surface area contributed by atoms with Gasteiger partial charge in [-0.15, -0.1) is 12.4 Å². The first-order valence-electron chi connectivity index (χ1n) is 5.89. The summed E-state index contributed by atoms with van der Waals surface area (Å²) in [6, 6.07) is 6.21. The highest BCUT2D eigenvalue weighted by molar-refractivity contribution is 8.00. The highest BCUT2D eigenvalue weighted by atomic mass is 35.5. The Bertz CT molecular complexity index is 365. The van der Waals surface area contributed by atoms with Crippen LogP contribution in [-0.4, -0.2) is 5.51 Å². The summed E-state index contributed by atoms with van der Waals surface area (Å²) < 4.78 is 36.4. The van der Waals surface area contributed by atoms with Crippen LogP contribution in [0.25, 0.3) is 0 Å². The largest absolute Gasteiger partial charge is 0.446 e. The van der Waals surface area contributed by atoms with Crippen LogP contribution < -0.4 is 5.73 Å². The van der Waals surface area contributed by atoms with Crippen LogP contribution in [0, 0.1) is 5.92 Å². The van der Waals surface area contributed by atoms with Crippen LogP contribution >= 0.6 is 24.2 Å². The predicted molar refractivity (Wildman–Crippen MR) is 76.6 cm³/mol. The number of halogens is 4. The molecule has 0 saturated heterocycles. The lowest BCUT2D eigenvalue weighted by Gasteiger charge is -2.14. The Hall–Kier alpha value is -0.390. The molecule has 0 unspecified atom stereocenters. The van der Waals surface area contributed by atoms with Crippen molar-refractivity contribution in [2.75, 3.05) is 0 Å². The van der Waals surface area contributed by atoms with Crippen molar-refractivity contribution in [3.05, 3.63) is 29.8 Å². The average molecular weight is 314 g/mol. The van der Waals surface area contributed by atoms with E-state index in [0.29, 0.717) is 5.92 Å². The van der Waals surface area contributed by atoms with Crippen LogP contribution in [0.1, 0.15) is 38.3 Å². The minimum absolute atomic E-state index is 0. The van der Waals surface area contributed by atoms with E-state index in [1.807, 2.05) is 0 Å². The number of hydrogen-bond acceptors (Lipinski definition) is 2. The van der Waals surface area contributed by atoms with Gasteiger partial charge in [0.2, 0.25) is 0 Å². The van der Waals surface area contributed by atoms with Crippen LogP contribution in [-0.2, 0) is 0 Å². The van der Waals surface area contributed by atoms with Gasteiger partial charge in [-0.05, 0) is 48.2 Å². The SMILES string of the molecule is CC(C)CC[C@@H](N)c1ccc(SC(F)(F)F)cc1.Cl.